The Balaban J connectivity index is 2.62. The molecule has 0 radical (unpaired) electrons. The minimum atomic E-state index is -0.632. The molecular formula is C12H21N3O. The van der Waals surface area contributed by atoms with E-state index >= 15 is 0 Å². The number of hydrogen-bond acceptors (Lipinski definition) is 3. The van der Waals surface area contributed by atoms with E-state index < -0.39 is 5.54 Å². The Morgan fingerprint density at radius 3 is 2.56 bits per heavy atom. The first-order valence-electron chi connectivity index (χ1n) is 5.95. The number of carbonyl (C=O) groups excluding carboxylic acids is 1. The van der Waals surface area contributed by atoms with E-state index in [4.69, 9.17) is 0 Å². The van der Waals surface area contributed by atoms with E-state index in [0.717, 1.165) is 32.4 Å². The Kier molecular flexibility index (Phi) is 4.31. The van der Waals surface area contributed by atoms with Gasteiger partial charge in [0.2, 0.25) is 5.91 Å². The largest absolute Gasteiger partial charge is 0.338 e. The molecule has 0 aliphatic carbocycles. The van der Waals surface area contributed by atoms with E-state index in [1.807, 2.05) is 20.9 Å². The van der Waals surface area contributed by atoms with Crippen molar-refractivity contribution in [3.05, 3.63) is 0 Å². The summed E-state index contributed by atoms with van der Waals surface area (Å²) in [5, 5.41) is 12.2. The molecule has 1 rings (SSSR count). The maximum absolute atomic E-state index is 11.8. The molecule has 1 saturated heterocycles. The summed E-state index contributed by atoms with van der Waals surface area (Å²) in [7, 11) is 2.04. The first-order valence-corrected chi connectivity index (χ1v) is 5.95. The minimum Gasteiger partial charge on any atom is -0.338 e. The number of nitriles is 1. The van der Waals surface area contributed by atoms with Crippen LogP contribution in [0, 0.1) is 17.2 Å². The molecule has 0 bridgehead atoms. The molecule has 1 atom stereocenters. The topological polar surface area (TPSA) is 56.1 Å². The lowest BCUT2D eigenvalue weighted by molar-refractivity contribution is -0.126. The third-order valence-corrected chi connectivity index (χ3v) is 3.48. The van der Waals surface area contributed by atoms with Crippen LogP contribution in [0.15, 0.2) is 0 Å². The van der Waals surface area contributed by atoms with Crippen molar-refractivity contribution in [1.82, 2.24) is 10.2 Å². The molecule has 4 nitrogen and oxygen atoms in total. The molecule has 1 heterocycles. The number of nitrogens with one attached hydrogen (secondary N) is 1. The zero-order chi connectivity index (χ0) is 12.2. The van der Waals surface area contributed by atoms with Gasteiger partial charge in [0.15, 0.2) is 0 Å². The molecule has 1 fully saturated rings. The fraction of sp³-hybridized carbons (Fsp3) is 0.833. The first-order chi connectivity index (χ1) is 7.53. The highest BCUT2D eigenvalue weighted by Crippen LogP contribution is 2.21. The minimum absolute atomic E-state index is 0.00797. The van der Waals surface area contributed by atoms with Gasteiger partial charge in [-0.2, -0.15) is 5.26 Å². The van der Waals surface area contributed by atoms with Crippen LogP contribution in [-0.2, 0) is 4.79 Å². The molecule has 1 aliphatic rings. The summed E-state index contributed by atoms with van der Waals surface area (Å²) in [6.45, 7) is 5.62. The standard InChI is InChI=1S/C12H21N3O/c1-4-10(2)11(16)14-12(9-13)5-7-15(3)8-6-12/h10H,4-8H2,1-3H3,(H,14,16). The highest BCUT2D eigenvalue weighted by molar-refractivity contribution is 5.79. The van der Waals surface area contributed by atoms with Crippen molar-refractivity contribution in [1.29, 1.82) is 5.26 Å². The molecule has 0 aromatic carbocycles. The van der Waals surface area contributed by atoms with Gasteiger partial charge in [-0.05, 0) is 26.3 Å². The molecule has 1 aliphatic heterocycles. The smallest absolute Gasteiger partial charge is 0.224 e. The Hall–Kier alpha value is -1.08. The van der Waals surface area contributed by atoms with Crippen molar-refractivity contribution >= 4 is 5.91 Å². The second kappa shape index (κ2) is 5.31. The van der Waals surface area contributed by atoms with Crippen molar-refractivity contribution in [3.8, 4) is 6.07 Å². The summed E-state index contributed by atoms with van der Waals surface area (Å²) >= 11 is 0. The second-order valence-corrected chi connectivity index (χ2v) is 4.80. The predicted octanol–water partition coefficient (Wildman–Crippen LogP) is 1.14. The van der Waals surface area contributed by atoms with Gasteiger partial charge in [0.05, 0.1) is 6.07 Å². The van der Waals surface area contributed by atoms with Crippen LogP contribution < -0.4 is 5.32 Å². The van der Waals surface area contributed by atoms with Gasteiger partial charge in [-0.1, -0.05) is 13.8 Å². The molecule has 1 unspecified atom stereocenters. The van der Waals surface area contributed by atoms with E-state index in [1.54, 1.807) is 0 Å². The molecule has 0 aromatic heterocycles. The summed E-state index contributed by atoms with van der Waals surface area (Å²) < 4.78 is 0. The van der Waals surface area contributed by atoms with Gasteiger partial charge < -0.3 is 10.2 Å². The summed E-state index contributed by atoms with van der Waals surface area (Å²) in [6, 6.07) is 2.29. The summed E-state index contributed by atoms with van der Waals surface area (Å²) in [5.41, 5.74) is -0.632. The van der Waals surface area contributed by atoms with Crippen LogP contribution in [0.5, 0.6) is 0 Å². The van der Waals surface area contributed by atoms with Crippen molar-refractivity contribution in [2.45, 2.75) is 38.6 Å². The van der Waals surface area contributed by atoms with E-state index in [1.165, 1.54) is 0 Å². The Morgan fingerprint density at radius 1 is 1.56 bits per heavy atom. The van der Waals surface area contributed by atoms with Crippen LogP contribution in [0.2, 0.25) is 0 Å². The average molecular weight is 223 g/mol. The zero-order valence-corrected chi connectivity index (χ0v) is 10.4. The normalized spacial score (nSPS) is 22.1. The van der Waals surface area contributed by atoms with Gasteiger partial charge in [0.1, 0.15) is 5.54 Å². The second-order valence-electron chi connectivity index (χ2n) is 4.80. The number of rotatable bonds is 3. The van der Waals surface area contributed by atoms with Gasteiger partial charge >= 0.3 is 0 Å². The van der Waals surface area contributed by atoms with Crippen LogP contribution in [0.25, 0.3) is 0 Å². The molecule has 90 valence electrons. The SMILES string of the molecule is CCC(C)C(=O)NC1(C#N)CCN(C)CC1. The quantitative estimate of drug-likeness (QED) is 0.780. The maximum atomic E-state index is 11.8. The lowest BCUT2D eigenvalue weighted by atomic mass is 9.88. The van der Waals surface area contributed by atoms with Crippen molar-refractivity contribution in [2.24, 2.45) is 5.92 Å². The van der Waals surface area contributed by atoms with Crippen LogP contribution in [0.3, 0.4) is 0 Å². The number of amides is 1. The maximum Gasteiger partial charge on any atom is 0.224 e. The van der Waals surface area contributed by atoms with Crippen molar-refractivity contribution in [2.75, 3.05) is 20.1 Å². The number of likely N-dealkylation sites (tertiary alicyclic amines) is 1. The van der Waals surface area contributed by atoms with Crippen LogP contribution >= 0.6 is 0 Å². The molecule has 16 heavy (non-hydrogen) atoms. The average Bonchev–Trinajstić information content (AvgIpc) is 2.31. The van der Waals surface area contributed by atoms with Gasteiger partial charge in [-0.25, -0.2) is 0 Å². The molecular weight excluding hydrogens is 202 g/mol. The van der Waals surface area contributed by atoms with Gasteiger partial charge in [0, 0.05) is 19.0 Å². The molecule has 0 aromatic rings. The number of piperidine rings is 1. The summed E-state index contributed by atoms with van der Waals surface area (Å²) in [4.78, 5) is 14.0. The number of nitrogens with zero attached hydrogens (tertiary/aromatic N) is 2. The van der Waals surface area contributed by atoms with Gasteiger partial charge in [-0.3, -0.25) is 4.79 Å². The fourth-order valence-corrected chi connectivity index (χ4v) is 1.81. The zero-order valence-electron chi connectivity index (χ0n) is 10.4. The fourth-order valence-electron chi connectivity index (χ4n) is 1.81. The Morgan fingerprint density at radius 2 is 2.12 bits per heavy atom. The van der Waals surface area contributed by atoms with E-state index in [2.05, 4.69) is 16.3 Å². The molecule has 0 spiro atoms. The third kappa shape index (κ3) is 2.96. The molecule has 0 saturated carbocycles. The van der Waals surface area contributed by atoms with Crippen LogP contribution in [0.1, 0.15) is 33.1 Å². The van der Waals surface area contributed by atoms with Crippen molar-refractivity contribution in [3.63, 3.8) is 0 Å². The van der Waals surface area contributed by atoms with Gasteiger partial charge in [-0.15, -0.1) is 0 Å². The first kappa shape index (κ1) is 13.0. The van der Waals surface area contributed by atoms with Crippen molar-refractivity contribution < 1.29 is 4.79 Å². The third-order valence-electron chi connectivity index (χ3n) is 3.48. The monoisotopic (exact) mass is 223 g/mol. The lowest BCUT2D eigenvalue weighted by Gasteiger charge is -2.36. The Labute approximate surface area is 97.6 Å². The van der Waals surface area contributed by atoms with E-state index in [0.29, 0.717) is 0 Å². The number of hydrogen-bond donors (Lipinski definition) is 1. The molecule has 1 amide bonds. The predicted molar refractivity (Wildman–Crippen MR) is 62.7 cm³/mol. The highest BCUT2D eigenvalue weighted by atomic mass is 16.2. The van der Waals surface area contributed by atoms with Crippen LogP contribution in [-0.4, -0.2) is 36.5 Å². The Bertz CT molecular complexity index is 287. The molecule has 4 heteroatoms. The summed E-state index contributed by atoms with van der Waals surface area (Å²) in [5.74, 6) is -0.00140. The highest BCUT2D eigenvalue weighted by Gasteiger charge is 2.35. The number of carbonyl (C=O) groups is 1. The van der Waals surface area contributed by atoms with E-state index in [9.17, 15) is 10.1 Å². The van der Waals surface area contributed by atoms with Gasteiger partial charge in [0.25, 0.3) is 0 Å². The molecule has 1 N–H and O–H groups in total. The summed E-state index contributed by atoms with van der Waals surface area (Å²) in [6.07, 6.45) is 2.26. The van der Waals surface area contributed by atoms with E-state index in [-0.39, 0.29) is 11.8 Å². The van der Waals surface area contributed by atoms with Crippen LogP contribution in [0.4, 0.5) is 0 Å². The lowest BCUT2D eigenvalue weighted by Crippen LogP contribution is -2.54.